The molecule has 0 bridgehead atoms. The Hall–Kier alpha value is -1.75. The number of rotatable bonds is 6. The smallest absolute Gasteiger partial charge is 0.315 e. The van der Waals surface area contributed by atoms with E-state index in [9.17, 15) is 4.79 Å². The monoisotopic (exact) mass is 317 g/mol. The molecule has 126 valence electrons. The predicted octanol–water partition coefficient (Wildman–Crippen LogP) is 2.54. The normalized spacial score (nSPS) is 22.6. The topological polar surface area (TPSA) is 53.6 Å². The zero-order valence-corrected chi connectivity index (χ0v) is 14.0. The highest BCUT2D eigenvalue weighted by Crippen LogP contribution is 2.41. The van der Waals surface area contributed by atoms with Gasteiger partial charge < -0.3 is 20.3 Å². The molecule has 2 amide bonds. The molecule has 1 heterocycles. The van der Waals surface area contributed by atoms with E-state index in [1.165, 1.54) is 25.7 Å². The summed E-state index contributed by atoms with van der Waals surface area (Å²) in [5.41, 5.74) is 1.15. The van der Waals surface area contributed by atoms with Crippen molar-refractivity contribution in [2.24, 2.45) is 5.92 Å². The van der Waals surface area contributed by atoms with Gasteiger partial charge in [0.1, 0.15) is 5.75 Å². The van der Waals surface area contributed by atoms with Crippen molar-refractivity contribution in [2.75, 3.05) is 27.2 Å². The number of hydrogen-bond acceptors (Lipinski definition) is 3. The van der Waals surface area contributed by atoms with Crippen molar-refractivity contribution in [3.63, 3.8) is 0 Å². The molecule has 23 heavy (non-hydrogen) atoms. The Kier molecular flexibility index (Phi) is 5.06. The summed E-state index contributed by atoms with van der Waals surface area (Å²) in [6, 6.07) is 8.52. The Morgan fingerprint density at radius 3 is 2.61 bits per heavy atom. The lowest BCUT2D eigenvalue weighted by molar-refractivity contribution is 0.229. The molecule has 5 nitrogen and oxygen atoms in total. The number of urea groups is 1. The summed E-state index contributed by atoms with van der Waals surface area (Å²) in [7, 11) is 3.79. The molecule has 1 aromatic rings. The first-order valence-corrected chi connectivity index (χ1v) is 8.56. The summed E-state index contributed by atoms with van der Waals surface area (Å²) in [5.74, 6) is 1.40. The Morgan fingerprint density at radius 1 is 1.30 bits per heavy atom. The van der Waals surface area contributed by atoms with Gasteiger partial charge in [-0.3, -0.25) is 0 Å². The van der Waals surface area contributed by atoms with Crippen LogP contribution in [-0.2, 0) is 0 Å². The van der Waals surface area contributed by atoms with Gasteiger partial charge in [0.15, 0.2) is 0 Å². The van der Waals surface area contributed by atoms with Gasteiger partial charge in [-0.2, -0.15) is 0 Å². The Bertz CT molecular complexity index is 528. The van der Waals surface area contributed by atoms with Gasteiger partial charge >= 0.3 is 6.03 Å². The Labute approximate surface area is 138 Å². The molecule has 2 atom stereocenters. The molecule has 0 radical (unpaired) electrons. The van der Waals surface area contributed by atoms with Crippen LogP contribution in [0.3, 0.4) is 0 Å². The van der Waals surface area contributed by atoms with Crippen LogP contribution in [0.1, 0.15) is 37.3 Å². The molecule has 1 saturated heterocycles. The average molecular weight is 317 g/mol. The van der Waals surface area contributed by atoms with Crippen LogP contribution in [0.5, 0.6) is 5.75 Å². The van der Waals surface area contributed by atoms with Crippen molar-refractivity contribution >= 4 is 6.03 Å². The van der Waals surface area contributed by atoms with Gasteiger partial charge in [-0.05, 0) is 62.9 Å². The van der Waals surface area contributed by atoms with Gasteiger partial charge in [-0.15, -0.1) is 0 Å². The summed E-state index contributed by atoms with van der Waals surface area (Å²) in [6.45, 7) is 1.85. The average Bonchev–Trinajstić information content (AvgIpc) is 3.33. The van der Waals surface area contributed by atoms with Gasteiger partial charge in [-0.1, -0.05) is 12.1 Å². The van der Waals surface area contributed by atoms with E-state index in [-0.39, 0.29) is 12.1 Å². The molecule has 1 aliphatic heterocycles. The molecular weight excluding hydrogens is 290 g/mol. The third-order valence-electron chi connectivity index (χ3n) is 5.02. The van der Waals surface area contributed by atoms with E-state index in [0.29, 0.717) is 12.0 Å². The number of methoxy groups -OCH3 is 1. The molecule has 2 fully saturated rings. The SMILES string of the molecule is COc1ccc(C(NC(=O)NCC2CCCN2C)C2CC2)cc1. The second kappa shape index (κ2) is 7.21. The van der Waals surface area contributed by atoms with E-state index in [1.807, 2.05) is 24.3 Å². The maximum Gasteiger partial charge on any atom is 0.315 e. The number of nitrogens with one attached hydrogen (secondary N) is 2. The van der Waals surface area contributed by atoms with E-state index in [0.717, 1.165) is 24.4 Å². The summed E-state index contributed by atoms with van der Waals surface area (Å²) >= 11 is 0. The third-order valence-corrected chi connectivity index (χ3v) is 5.02. The number of ether oxygens (including phenoxy) is 1. The number of nitrogens with zero attached hydrogens (tertiary/aromatic N) is 1. The highest BCUT2D eigenvalue weighted by atomic mass is 16.5. The van der Waals surface area contributed by atoms with Crippen LogP contribution in [0, 0.1) is 5.92 Å². The highest BCUT2D eigenvalue weighted by molar-refractivity contribution is 5.74. The van der Waals surface area contributed by atoms with E-state index in [1.54, 1.807) is 7.11 Å². The number of benzene rings is 1. The van der Waals surface area contributed by atoms with Crippen molar-refractivity contribution in [3.05, 3.63) is 29.8 Å². The molecule has 1 aliphatic carbocycles. The molecule has 0 aromatic heterocycles. The van der Waals surface area contributed by atoms with Gasteiger partial charge in [-0.25, -0.2) is 4.79 Å². The fourth-order valence-electron chi connectivity index (χ4n) is 3.35. The molecule has 1 aromatic carbocycles. The molecule has 0 spiro atoms. The quantitative estimate of drug-likeness (QED) is 0.848. The van der Waals surface area contributed by atoms with Crippen LogP contribution in [0.4, 0.5) is 4.79 Å². The van der Waals surface area contributed by atoms with Crippen molar-refractivity contribution in [2.45, 2.75) is 37.8 Å². The lowest BCUT2D eigenvalue weighted by Crippen LogP contribution is -2.44. The van der Waals surface area contributed by atoms with Crippen molar-refractivity contribution in [1.29, 1.82) is 0 Å². The van der Waals surface area contributed by atoms with Crippen LogP contribution in [0.2, 0.25) is 0 Å². The van der Waals surface area contributed by atoms with Crippen molar-refractivity contribution < 1.29 is 9.53 Å². The Balaban J connectivity index is 1.55. The lowest BCUT2D eigenvalue weighted by Gasteiger charge is -2.22. The van der Waals surface area contributed by atoms with E-state index in [2.05, 4.69) is 22.6 Å². The first-order chi connectivity index (χ1) is 11.2. The van der Waals surface area contributed by atoms with Crippen LogP contribution < -0.4 is 15.4 Å². The first kappa shape index (κ1) is 16.1. The van der Waals surface area contributed by atoms with Gasteiger partial charge in [0.25, 0.3) is 0 Å². The highest BCUT2D eigenvalue weighted by Gasteiger charge is 2.33. The zero-order chi connectivity index (χ0) is 16.2. The first-order valence-electron chi connectivity index (χ1n) is 8.56. The largest absolute Gasteiger partial charge is 0.497 e. The summed E-state index contributed by atoms with van der Waals surface area (Å²) in [5, 5.41) is 6.21. The zero-order valence-electron chi connectivity index (χ0n) is 14.0. The number of hydrogen-bond donors (Lipinski definition) is 2. The van der Waals surface area contributed by atoms with Gasteiger partial charge in [0, 0.05) is 12.6 Å². The van der Waals surface area contributed by atoms with E-state index >= 15 is 0 Å². The van der Waals surface area contributed by atoms with Gasteiger partial charge in [0.2, 0.25) is 0 Å². The Morgan fingerprint density at radius 2 is 2.04 bits per heavy atom. The van der Waals surface area contributed by atoms with Crippen molar-refractivity contribution in [3.8, 4) is 5.75 Å². The number of amides is 2. The summed E-state index contributed by atoms with van der Waals surface area (Å²) < 4.78 is 5.21. The predicted molar refractivity (Wildman–Crippen MR) is 90.6 cm³/mol. The number of carbonyl (C=O) groups is 1. The van der Waals surface area contributed by atoms with Gasteiger partial charge in [0.05, 0.1) is 13.2 Å². The molecule has 2 unspecified atom stereocenters. The number of carbonyl (C=O) groups excluding carboxylic acids is 1. The standard InChI is InChI=1S/C18H27N3O2/c1-21-11-3-4-15(21)12-19-18(22)20-17(13-5-6-13)14-7-9-16(23-2)10-8-14/h7-10,13,15,17H,3-6,11-12H2,1-2H3,(H2,19,20,22). The maximum absolute atomic E-state index is 12.3. The fraction of sp³-hybridized carbons (Fsp3) is 0.611. The molecule has 5 heteroatoms. The number of likely N-dealkylation sites (tertiary alicyclic amines) is 1. The second-order valence-electron chi connectivity index (χ2n) is 6.72. The minimum absolute atomic E-state index is 0.0574. The van der Waals surface area contributed by atoms with Crippen LogP contribution in [-0.4, -0.2) is 44.2 Å². The summed E-state index contributed by atoms with van der Waals surface area (Å²) in [6.07, 6.45) is 4.76. The van der Waals surface area contributed by atoms with Crippen molar-refractivity contribution in [1.82, 2.24) is 15.5 Å². The maximum atomic E-state index is 12.3. The molecule has 2 N–H and O–H groups in total. The molecular formula is C18H27N3O2. The molecule has 1 saturated carbocycles. The molecule has 2 aliphatic rings. The second-order valence-corrected chi connectivity index (χ2v) is 6.72. The summed E-state index contributed by atoms with van der Waals surface area (Å²) in [4.78, 5) is 14.6. The minimum Gasteiger partial charge on any atom is -0.497 e. The van der Waals surface area contributed by atoms with Crippen LogP contribution in [0.25, 0.3) is 0 Å². The fourth-order valence-corrected chi connectivity index (χ4v) is 3.35. The third kappa shape index (κ3) is 4.16. The van der Waals surface area contributed by atoms with E-state index < -0.39 is 0 Å². The van der Waals surface area contributed by atoms with E-state index in [4.69, 9.17) is 4.74 Å². The molecule has 3 rings (SSSR count). The lowest BCUT2D eigenvalue weighted by atomic mass is 10.0. The van der Waals surface area contributed by atoms with Crippen LogP contribution >= 0.6 is 0 Å². The van der Waals surface area contributed by atoms with Crippen LogP contribution in [0.15, 0.2) is 24.3 Å². The number of likely N-dealkylation sites (N-methyl/N-ethyl adjacent to an activating group) is 1. The minimum atomic E-state index is -0.0574.